The molecule has 0 aliphatic carbocycles. The first-order chi connectivity index (χ1) is 12.5. The van der Waals surface area contributed by atoms with Crippen LogP contribution in [0.25, 0.3) is 0 Å². The van der Waals surface area contributed by atoms with Gasteiger partial charge in [-0.05, 0) is 26.8 Å². The van der Waals surface area contributed by atoms with Crippen LogP contribution in [0.3, 0.4) is 0 Å². The fraction of sp³-hybridized carbons (Fsp3) is 0.412. The summed E-state index contributed by atoms with van der Waals surface area (Å²) in [5.74, 6) is -0.627. The first-order valence-electron chi connectivity index (χ1n) is 8.07. The summed E-state index contributed by atoms with van der Waals surface area (Å²) < 4.78 is 12.3. The predicted octanol–water partition coefficient (Wildman–Crippen LogP) is 2.78. The van der Waals surface area contributed by atoms with Gasteiger partial charge in [0.05, 0.1) is 17.4 Å². The van der Waals surface area contributed by atoms with Gasteiger partial charge >= 0.3 is 12.1 Å². The van der Waals surface area contributed by atoms with Crippen LogP contribution in [0.1, 0.15) is 26.3 Å². The van der Waals surface area contributed by atoms with Crippen LogP contribution in [0.15, 0.2) is 24.7 Å². The highest BCUT2D eigenvalue weighted by molar-refractivity contribution is 6.30. The molecule has 1 atom stereocenters. The van der Waals surface area contributed by atoms with Crippen molar-refractivity contribution in [2.45, 2.75) is 38.8 Å². The van der Waals surface area contributed by atoms with Gasteiger partial charge in [0.15, 0.2) is 5.75 Å². The first-order valence-corrected chi connectivity index (χ1v) is 8.44. The number of pyridine rings is 1. The molecule has 27 heavy (non-hydrogen) atoms. The average Bonchev–Trinajstić information content (AvgIpc) is 2.92. The lowest BCUT2D eigenvalue weighted by molar-refractivity contribution is -0.139. The zero-order chi connectivity index (χ0) is 20.2. The molecule has 0 aliphatic rings. The van der Waals surface area contributed by atoms with Crippen molar-refractivity contribution in [1.82, 2.24) is 20.1 Å². The molecule has 0 radical (unpaired) electrons. The summed E-state index contributed by atoms with van der Waals surface area (Å²) in [7, 11) is 1.73. The summed E-state index contributed by atoms with van der Waals surface area (Å²) in [4.78, 5) is 27.6. The molecule has 0 unspecified atom stereocenters. The van der Waals surface area contributed by atoms with Crippen molar-refractivity contribution in [2.75, 3.05) is 0 Å². The molecular weight excluding hydrogens is 376 g/mol. The van der Waals surface area contributed by atoms with E-state index in [1.165, 1.54) is 18.5 Å². The SMILES string of the molecule is Cn1cc(Oc2ncc(Cl)cc2C[C@H](NC(=O)OC(C)(C)C)C(=O)O)cn1. The number of carbonyl (C=O) groups is 2. The van der Waals surface area contributed by atoms with Gasteiger partial charge in [-0.15, -0.1) is 0 Å². The van der Waals surface area contributed by atoms with Crippen LogP contribution in [0, 0.1) is 0 Å². The summed E-state index contributed by atoms with van der Waals surface area (Å²) in [6.45, 7) is 5.05. The van der Waals surface area contributed by atoms with Crippen LogP contribution in [-0.4, -0.2) is 43.6 Å². The highest BCUT2D eigenvalue weighted by atomic mass is 35.5. The Morgan fingerprint density at radius 1 is 1.37 bits per heavy atom. The van der Waals surface area contributed by atoms with Crippen LogP contribution in [-0.2, 0) is 23.0 Å². The number of ether oxygens (including phenoxy) is 2. The number of halogens is 1. The van der Waals surface area contributed by atoms with Gasteiger partial charge in [0.2, 0.25) is 5.88 Å². The van der Waals surface area contributed by atoms with E-state index in [0.29, 0.717) is 16.3 Å². The Kier molecular flexibility index (Phi) is 6.27. The van der Waals surface area contributed by atoms with Gasteiger partial charge in [0.25, 0.3) is 0 Å². The maximum absolute atomic E-state index is 11.9. The Morgan fingerprint density at radius 2 is 2.07 bits per heavy atom. The van der Waals surface area contributed by atoms with E-state index in [1.54, 1.807) is 38.7 Å². The number of rotatable bonds is 6. The Labute approximate surface area is 161 Å². The molecule has 10 heteroatoms. The molecule has 2 aromatic rings. The number of nitrogens with zero attached hydrogens (tertiary/aromatic N) is 3. The van der Waals surface area contributed by atoms with E-state index in [0.717, 1.165) is 0 Å². The van der Waals surface area contributed by atoms with Crippen molar-refractivity contribution in [2.24, 2.45) is 7.05 Å². The summed E-state index contributed by atoms with van der Waals surface area (Å²) in [5.41, 5.74) is -0.339. The molecule has 0 saturated carbocycles. The van der Waals surface area contributed by atoms with Crippen molar-refractivity contribution in [1.29, 1.82) is 0 Å². The topological polar surface area (TPSA) is 116 Å². The van der Waals surface area contributed by atoms with Crippen LogP contribution >= 0.6 is 11.6 Å². The highest BCUT2D eigenvalue weighted by Crippen LogP contribution is 2.26. The van der Waals surface area contributed by atoms with Crippen molar-refractivity contribution in [3.05, 3.63) is 35.2 Å². The van der Waals surface area contributed by atoms with E-state index in [2.05, 4.69) is 15.4 Å². The third-order valence-electron chi connectivity index (χ3n) is 3.20. The quantitative estimate of drug-likeness (QED) is 0.771. The van der Waals surface area contributed by atoms with E-state index in [-0.39, 0.29) is 12.3 Å². The maximum Gasteiger partial charge on any atom is 0.408 e. The van der Waals surface area contributed by atoms with E-state index in [9.17, 15) is 14.7 Å². The molecule has 0 fully saturated rings. The standard InChI is InChI=1S/C17H21ClN4O5/c1-17(2,3)27-16(25)21-13(15(23)24)6-10-5-11(18)7-19-14(10)26-12-8-20-22(4)9-12/h5,7-9,13H,6H2,1-4H3,(H,21,25)(H,23,24)/t13-/m0/s1. The Morgan fingerprint density at radius 3 is 2.63 bits per heavy atom. The van der Waals surface area contributed by atoms with Crippen LogP contribution in [0.5, 0.6) is 11.6 Å². The predicted molar refractivity (Wildman–Crippen MR) is 97.0 cm³/mol. The molecule has 0 bridgehead atoms. The van der Waals surface area contributed by atoms with E-state index in [1.807, 2.05) is 0 Å². The van der Waals surface area contributed by atoms with Gasteiger partial charge < -0.3 is 19.9 Å². The summed E-state index contributed by atoms with van der Waals surface area (Å²) in [5, 5.41) is 16.1. The lowest BCUT2D eigenvalue weighted by Crippen LogP contribution is -2.44. The van der Waals surface area contributed by atoms with E-state index in [4.69, 9.17) is 21.1 Å². The number of aryl methyl sites for hydroxylation is 1. The minimum atomic E-state index is -1.25. The Hall–Kier alpha value is -2.81. The minimum absolute atomic E-state index is 0.0995. The summed E-state index contributed by atoms with van der Waals surface area (Å²) in [6.07, 6.45) is 3.58. The van der Waals surface area contributed by atoms with E-state index >= 15 is 0 Å². The number of hydrogen-bond acceptors (Lipinski definition) is 6. The molecule has 0 spiro atoms. The fourth-order valence-electron chi connectivity index (χ4n) is 2.14. The number of nitrogens with one attached hydrogen (secondary N) is 1. The molecule has 2 heterocycles. The summed E-state index contributed by atoms with van der Waals surface area (Å²) in [6, 6.07) is 0.281. The van der Waals surface area contributed by atoms with Gasteiger partial charge in [-0.3, -0.25) is 4.68 Å². The minimum Gasteiger partial charge on any atom is -0.480 e. The van der Waals surface area contributed by atoms with Gasteiger partial charge in [0.1, 0.15) is 11.6 Å². The van der Waals surface area contributed by atoms with Crippen LogP contribution in [0.2, 0.25) is 5.02 Å². The third kappa shape index (κ3) is 6.45. The lowest BCUT2D eigenvalue weighted by atomic mass is 10.1. The van der Waals surface area contributed by atoms with Crippen LogP contribution < -0.4 is 10.1 Å². The van der Waals surface area contributed by atoms with Crippen molar-refractivity contribution < 1.29 is 24.2 Å². The Balaban J connectivity index is 2.20. The molecule has 146 valence electrons. The molecule has 9 nitrogen and oxygen atoms in total. The molecule has 2 rings (SSSR count). The van der Waals surface area contributed by atoms with Crippen molar-refractivity contribution >= 4 is 23.7 Å². The smallest absolute Gasteiger partial charge is 0.408 e. The van der Waals surface area contributed by atoms with Crippen molar-refractivity contribution in [3.63, 3.8) is 0 Å². The van der Waals surface area contributed by atoms with Gasteiger partial charge in [0, 0.05) is 25.2 Å². The lowest BCUT2D eigenvalue weighted by Gasteiger charge is -2.22. The average molecular weight is 397 g/mol. The van der Waals surface area contributed by atoms with Gasteiger partial charge in [-0.2, -0.15) is 5.10 Å². The molecule has 0 saturated heterocycles. The molecular formula is C17H21ClN4O5. The number of hydrogen-bond donors (Lipinski definition) is 2. The zero-order valence-electron chi connectivity index (χ0n) is 15.4. The second kappa shape index (κ2) is 8.26. The monoisotopic (exact) mass is 396 g/mol. The third-order valence-corrected chi connectivity index (χ3v) is 3.41. The number of amides is 1. The number of carbonyl (C=O) groups excluding carboxylic acids is 1. The number of aromatic nitrogens is 3. The molecule has 0 aliphatic heterocycles. The second-order valence-corrected chi connectivity index (χ2v) is 7.25. The molecule has 0 aromatic carbocycles. The molecule has 2 N–H and O–H groups in total. The zero-order valence-corrected chi connectivity index (χ0v) is 16.1. The molecule has 1 amide bonds. The summed E-state index contributed by atoms with van der Waals surface area (Å²) >= 11 is 5.99. The van der Waals surface area contributed by atoms with Gasteiger partial charge in [-0.1, -0.05) is 11.6 Å². The Bertz CT molecular complexity index is 831. The number of carboxylic acid groups (broad SMARTS) is 1. The fourth-order valence-corrected chi connectivity index (χ4v) is 2.32. The van der Waals surface area contributed by atoms with E-state index < -0.39 is 23.7 Å². The largest absolute Gasteiger partial charge is 0.480 e. The van der Waals surface area contributed by atoms with Crippen LogP contribution in [0.4, 0.5) is 4.79 Å². The first kappa shape index (κ1) is 20.5. The number of carboxylic acids is 1. The van der Waals surface area contributed by atoms with Gasteiger partial charge in [-0.25, -0.2) is 14.6 Å². The second-order valence-electron chi connectivity index (χ2n) is 6.81. The van der Waals surface area contributed by atoms with Crippen molar-refractivity contribution in [3.8, 4) is 11.6 Å². The number of alkyl carbamates (subject to hydrolysis) is 1. The maximum atomic E-state index is 11.9. The highest BCUT2D eigenvalue weighted by Gasteiger charge is 2.26. The normalized spacial score (nSPS) is 12.3. The molecule has 2 aromatic heterocycles. The number of aliphatic carboxylic acids is 1.